The normalized spacial score (nSPS) is 17.4. The number of benzene rings is 1. The van der Waals surface area contributed by atoms with Crippen molar-refractivity contribution in [2.24, 2.45) is 0 Å². The smallest absolute Gasteiger partial charge is 0.324 e. The molecule has 2 aliphatic rings. The zero-order chi connectivity index (χ0) is 13.2. The summed E-state index contributed by atoms with van der Waals surface area (Å²) in [6.07, 6.45) is 0. The summed E-state index contributed by atoms with van der Waals surface area (Å²) in [5.41, 5.74) is 0.792. The summed E-state index contributed by atoms with van der Waals surface area (Å²) in [7, 11) is 1.76. The second kappa shape index (κ2) is 4.97. The van der Waals surface area contributed by atoms with Crippen molar-refractivity contribution in [1.82, 2.24) is 4.90 Å². The zero-order valence-electron chi connectivity index (χ0n) is 10.8. The molecule has 0 spiro atoms. The van der Waals surface area contributed by atoms with Gasteiger partial charge in [-0.15, -0.1) is 0 Å². The van der Waals surface area contributed by atoms with Crippen LogP contribution in [0.3, 0.4) is 0 Å². The van der Waals surface area contributed by atoms with Crippen molar-refractivity contribution in [1.29, 1.82) is 0 Å². The van der Waals surface area contributed by atoms with Crippen molar-refractivity contribution in [3.8, 4) is 11.5 Å². The van der Waals surface area contributed by atoms with E-state index in [9.17, 15) is 4.79 Å². The highest BCUT2D eigenvalue weighted by molar-refractivity contribution is 5.92. The Morgan fingerprint density at radius 1 is 1.21 bits per heavy atom. The Morgan fingerprint density at radius 3 is 2.74 bits per heavy atom. The fourth-order valence-electron chi connectivity index (χ4n) is 2.17. The predicted octanol–water partition coefficient (Wildman–Crippen LogP) is 1.30. The molecule has 2 heterocycles. The molecule has 0 atom stereocenters. The Hall–Kier alpha value is -1.95. The van der Waals surface area contributed by atoms with Crippen molar-refractivity contribution in [2.75, 3.05) is 45.0 Å². The van der Waals surface area contributed by atoms with Crippen LogP contribution in [0.25, 0.3) is 0 Å². The van der Waals surface area contributed by atoms with Crippen molar-refractivity contribution in [2.45, 2.75) is 0 Å². The maximum absolute atomic E-state index is 12.3. The van der Waals surface area contributed by atoms with Crippen LogP contribution in [0.5, 0.6) is 11.5 Å². The standard InChI is InChI=1S/C13H16N2O4/c1-14(13(16)15-4-6-17-7-5-15)10-2-3-11-12(8-10)19-9-18-11/h2-3,8H,4-7,9H2,1H3. The minimum atomic E-state index is -0.0258. The highest BCUT2D eigenvalue weighted by Crippen LogP contribution is 2.35. The molecule has 0 saturated carbocycles. The summed E-state index contributed by atoms with van der Waals surface area (Å²) in [5.74, 6) is 1.40. The molecule has 0 aromatic heterocycles. The molecule has 6 heteroatoms. The van der Waals surface area contributed by atoms with Crippen LogP contribution in [0, 0.1) is 0 Å². The van der Waals surface area contributed by atoms with E-state index < -0.39 is 0 Å². The summed E-state index contributed by atoms with van der Waals surface area (Å²) in [5, 5.41) is 0. The van der Waals surface area contributed by atoms with E-state index in [1.54, 1.807) is 16.8 Å². The van der Waals surface area contributed by atoms with Crippen LogP contribution >= 0.6 is 0 Å². The number of carbonyl (C=O) groups is 1. The molecule has 3 rings (SSSR count). The van der Waals surface area contributed by atoms with Gasteiger partial charge in [-0.2, -0.15) is 0 Å². The number of urea groups is 1. The van der Waals surface area contributed by atoms with Gasteiger partial charge >= 0.3 is 6.03 Å². The van der Waals surface area contributed by atoms with Gasteiger partial charge in [0.1, 0.15) is 0 Å². The number of hydrogen-bond acceptors (Lipinski definition) is 4. The van der Waals surface area contributed by atoms with Gasteiger partial charge in [-0.3, -0.25) is 4.90 Å². The Kier molecular flexibility index (Phi) is 3.16. The van der Waals surface area contributed by atoms with Crippen molar-refractivity contribution < 1.29 is 19.0 Å². The minimum Gasteiger partial charge on any atom is -0.454 e. The summed E-state index contributed by atoms with van der Waals surface area (Å²) < 4.78 is 15.8. The highest BCUT2D eigenvalue weighted by atomic mass is 16.7. The number of carbonyl (C=O) groups excluding carboxylic acids is 1. The van der Waals surface area contributed by atoms with Gasteiger partial charge in [0.05, 0.1) is 13.2 Å². The molecule has 0 radical (unpaired) electrons. The van der Waals surface area contributed by atoms with Crippen LogP contribution in [0.4, 0.5) is 10.5 Å². The molecule has 0 aliphatic carbocycles. The first-order valence-electron chi connectivity index (χ1n) is 6.26. The molecule has 0 bridgehead atoms. The molecule has 0 N–H and O–H groups in total. The first-order valence-corrected chi connectivity index (χ1v) is 6.26. The third-order valence-corrected chi connectivity index (χ3v) is 3.31. The van der Waals surface area contributed by atoms with E-state index in [-0.39, 0.29) is 12.8 Å². The average Bonchev–Trinajstić information content (AvgIpc) is 2.94. The molecular formula is C13H16N2O4. The molecule has 1 aromatic carbocycles. The molecule has 6 nitrogen and oxygen atoms in total. The SMILES string of the molecule is CN(C(=O)N1CCOCC1)c1ccc2c(c1)OCO2. The molecule has 19 heavy (non-hydrogen) atoms. The lowest BCUT2D eigenvalue weighted by Gasteiger charge is -2.31. The Bertz CT molecular complexity index is 486. The van der Waals surface area contributed by atoms with Gasteiger partial charge in [0.2, 0.25) is 6.79 Å². The lowest BCUT2D eigenvalue weighted by atomic mass is 10.2. The maximum Gasteiger partial charge on any atom is 0.324 e. The number of ether oxygens (including phenoxy) is 3. The number of amides is 2. The van der Waals surface area contributed by atoms with Gasteiger partial charge < -0.3 is 19.1 Å². The second-order valence-electron chi connectivity index (χ2n) is 4.48. The molecule has 1 aromatic rings. The van der Waals surface area contributed by atoms with Crippen LogP contribution < -0.4 is 14.4 Å². The third kappa shape index (κ3) is 2.31. The van der Waals surface area contributed by atoms with Gasteiger partial charge in [0.15, 0.2) is 11.5 Å². The van der Waals surface area contributed by atoms with Crippen LogP contribution in [0.1, 0.15) is 0 Å². The van der Waals surface area contributed by atoms with E-state index in [4.69, 9.17) is 14.2 Å². The lowest BCUT2D eigenvalue weighted by Crippen LogP contribution is -2.47. The van der Waals surface area contributed by atoms with Crippen LogP contribution in [-0.4, -0.2) is 51.1 Å². The fourth-order valence-corrected chi connectivity index (χ4v) is 2.17. The van der Waals surface area contributed by atoms with Gasteiger partial charge in [-0.1, -0.05) is 0 Å². The van der Waals surface area contributed by atoms with Crippen molar-refractivity contribution in [3.63, 3.8) is 0 Å². The molecule has 2 aliphatic heterocycles. The maximum atomic E-state index is 12.3. The van der Waals surface area contributed by atoms with Crippen LogP contribution in [0.2, 0.25) is 0 Å². The summed E-state index contributed by atoms with van der Waals surface area (Å²) in [4.78, 5) is 15.7. The van der Waals surface area contributed by atoms with E-state index in [1.165, 1.54) is 0 Å². The van der Waals surface area contributed by atoms with Crippen molar-refractivity contribution >= 4 is 11.7 Å². The molecule has 102 valence electrons. The van der Waals surface area contributed by atoms with Gasteiger partial charge in [0, 0.05) is 31.9 Å². The molecular weight excluding hydrogens is 248 g/mol. The Labute approximate surface area is 111 Å². The average molecular weight is 264 g/mol. The van der Waals surface area contributed by atoms with E-state index >= 15 is 0 Å². The third-order valence-electron chi connectivity index (χ3n) is 3.31. The van der Waals surface area contributed by atoms with E-state index in [2.05, 4.69) is 0 Å². The summed E-state index contributed by atoms with van der Waals surface area (Å²) in [6.45, 7) is 2.70. The summed E-state index contributed by atoms with van der Waals surface area (Å²) >= 11 is 0. The summed E-state index contributed by atoms with van der Waals surface area (Å²) in [6, 6.07) is 5.47. The Balaban J connectivity index is 1.75. The monoisotopic (exact) mass is 264 g/mol. The van der Waals surface area contributed by atoms with Gasteiger partial charge in [-0.05, 0) is 12.1 Å². The number of morpholine rings is 1. The largest absolute Gasteiger partial charge is 0.454 e. The number of nitrogens with zero attached hydrogens (tertiary/aromatic N) is 2. The van der Waals surface area contributed by atoms with Crippen molar-refractivity contribution in [3.05, 3.63) is 18.2 Å². The first-order chi connectivity index (χ1) is 9.25. The molecule has 1 saturated heterocycles. The predicted molar refractivity (Wildman–Crippen MR) is 68.8 cm³/mol. The molecule has 1 fully saturated rings. The van der Waals surface area contributed by atoms with E-state index in [0.29, 0.717) is 32.1 Å². The minimum absolute atomic E-state index is 0.0258. The van der Waals surface area contributed by atoms with E-state index in [0.717, 1.165) is 11.4 Å². The number of fused-ring (bicyclic) bond motifs is 1. The molecule has 0 unspecified atom stereocenters. The fraction of sp³-hybridized carbons (Fsp3) is 0.462. The molecule has 2 amide bonds. The number of anilines is 1. The number of hydrogen-bond donors (Lipinski definition) is 0. The van der Waals surface area contributed by atoms with Gasteiger partial charge in [0.25, 0.3) is 0 Å². The Morgan fingerprint density at radius 2 is 1.95 bits per heavy atom. The second-order valence-corrected chi connectivity index (χ2v) is 4.48. The highest BCUT2D eigenvalue weighted by Gasteiger charge is 2.23. The van der Waals surface area contributed by atoms with Crippen LogP contribution in [-0.2, 0) is 4.74 Å². The van der Waals surface area contributed by atoms with Crippen LogP contribution in [0.15, 0.2) is 18.2 Å². The van der Waals surface area contributed by atoms with Gasteiger partial charge in [-0.25, -0.2) is 4.79 Å². The van der Waals surface area contributed by atoms with E-state index in [1.807, 2.05) is 18.2 Å². The quantitative estimate of drug-likeness (QED) is 0.767. The lowest BCUT2D eigenvalue weighted by molar-refractivity contribution is 0.0551. The number of rotatable bonds is 1. The topological polar surface area (TPSA) is 51.2 Å². The zero-order valence-corrected chi connectivity index (χ0v) is 10.8. The first kappa shape index (κ1) is 12.1.